The maximum atomic E-state index is 11.7. The molecule has 0 saturated heterocycles. The third-order valence-electron chi connectivity index (χ3n) is 2.68. The molecule has 7 nitrogen and oxygen atoms in total. The van der Waals surface area contributed by atoms with Crippen molar-refractivity contribution in [3.63, 3.8) is 0 Å². The van der Waals surface area contributed by atoms with Gasteiger partial charge in [-0.25, -0.2) is 14.6 Å². The van der Waals surface area contributed by atoms with Crippen molar-refractivity contribution in [1.29, 1.82) is 0 Å². The predicted octanol–water partition coefficient (Wildman–Crippen LogP) is 0.958. The van der Waals surface area contributed by atoms with Crippen molar-refractivity contribution in [3.05, 3.63) is 29.6 Å². The summed E-state index contributed by atoms with van der Waals surface area (Å²) in [5, 5.41) is 11.5. The van der Waals surface area contributed by atoms with E-state index in [-0.39, 0.29) is 11.7 Å². The number of hydrogen-bond donors (Lipinski definition) is 2. The highest BCUT2D eigenvalue weighted by molar-refractivity contribution is 5.85. The molecule has 0 aliphatic carbocycles. The summed E-state index contributed by atoms with van der Waals surface area (Å²) in [6, 6.07) is 2.84. The average molecular weight is 281 g/mol. The number of methoxy groups -OCH3 is 1. The SMILES string of the molecule is COCCCN(C)C(=O)NCc1ccc(C(=O)O)nc1. The maximum Gasteiger partial charge on any atom is 0.354 e. The molecule has 0 bridgehead atoms. The summed E-state index contributed by atoms with van der Waals surface area (Å²) >= 11 is 0. The van der Waals surface area contributed by atoms with Gasteiger partial charge in [0.1, 0.15) is 5.69 Å². The molecule has 0 fully saturated rings. The Labute approximate surface area is 117 Å². The number of nitrogens with zero attached hydrogens (tertiary/aromatic N) is 2. The minimum atomic E-state index is -1.07. The Bertz CT molecular complexity index is 447. The highest BCUT2D eigenvalue weighted by atomic mass is 16.5. The molecule has 7 heteroatoms. The van der Waals surface area contributed by atoms with Gasteiger partial charge < -0.3 is 20.1 Å². The normalized spacial score (nSPS) is 10.1. The summed E-state index contributed by atoms with van der Waals surface area (Å²) in [5.74, 6) is -1.07. The topological polar surface area (TPSA) is 91.8 Å². The molecule has 20 heavy (non-hydrogen) atoms. The zero-order valence-electron chi connectivity index (χ0n) is 11.6. The van der Waals surface area contributed by atoms with Gasteiger partial charge in [-0.15, -0.1) is 0 Å². The minimum Gasteiger partial charge on any atom is -0.477 e. The van der Waals surface area contributed by atoms with Gasteiger partial charge in [-0.3, -0.25) is 0 Å². The van der Waals surface area contributed by atoms with Gasteiger partial charge in [0.25, 0.3) is 0 Å². The molecule has 0 aliphatic rings. The van der Waals surface area contributed by atoms with Crippen LogP contribution in [0.25, 0.3) is 0 Å². The van der Waals surface area contributed by atoms with E-state index in [2.05, 4.69) is 10.3 Å². The molecule has 1 aromatic rings. The smallest absolute Gasteiger partial charge is 0.354 e. The van der Waals surface area contributed by atoms with Gasteiger partial charge in [-0.2, -0.15) is 0 Å². The van der Waals surface area contributed by atoms with Gasteiger partial charge in [0.2, 0.25) is 0 Å². The van der Waals surface area contributed by atoms with Crippen molar-refractivity contribution >= 4 is 12.0 Å². The lowest BCUT2D eigenvalue weighted by Gasteiger charge is -2.17. The van der Waals surface area contributed by atoms with Crippen LogP contribution >= 0.6 is 0 Å². The quantitative estimate of drug-likeness (QED) is 0.726. The largest absolute Gasteiger partial charge is 0.477 e. The van der Waals surface area contributed by atoms with Crippen molar-refractivity contribution in [2.45, 2.75) is 13.0 Å². The van der Waals surface area contributed by atoms with E-state index >= 15 is 0 Å². The fraction of sp³-hybridized carbons (Fsp3) is 0.462. The van der Waals surface area contributed by atoms with E-state index in [0.717, 1.165) is 12.0 Å². The Morgan fingerprint density at radius 2 is 2.20 bits per heavy atom. The van der Waals surface area contributed by atoms with Crippen LogP contribution < -0.4 is 5.32 Å². The lowest BCUT2D eigenvalue weighted by atomic mass is 10.2. The zero-order chi connectivity index (χ0) is 15.0. The number of aromatic carboxylic acids is 1. The molecule has 0 spiro atoms. The Balaban J connectivity index is 2.38. The number of amides is 2. The Kier molecular flexibility index (Phi) is 6.45. The number of nitrogens with one attached hydrogen (secondary N) is 1. The number of carboxylic acid groups (broad SMARTS) is 1. The monoisotopic (exact) mass is 281 g/mol. The van der Waals surface area contributed by atoms with Gasteiger partial charge >= 0.3 is 12.0 Å². The first-order chi connectivity index (χ1) is 9.54. The number of urea groups is 1. The number of carbonyl (C=O) groups is 2. The minimum absolute atomic E-state index is 0.0169. The van der Waals surface area contributed by atoms with Crippen LogP contribution in [-0.4, -0.2) is 54.3 Å². The molecule has 0 radical (unpaired) electrons. The standard InChI is InChI=1S/C13H19N3O4/c1-16(6-3-7-20-2)13(19)15-9-10-4-5-11(12(17)18)14-8-10/h4-5,8H,3,6-7,9H2,1-2H3,(H,15,19)(H,17,18). The first kappa shape index (κ1) is 15.9. The summed E-state index contributed by atoms with van der Waals surface area (Å²) in [7, 11) is 3.32. The summed E-state index contributed by atoms with van der Waals surface area (Å²) in [6.45, 7) is 1.52. The van der Waals surface area contributed by atoms with Gasteiger partial charge in [-0.1, -0.05) is 6.07 Å². The highest BCUT2D eigenvalue weighted by Crippen LogP contribution is 2.00. The summed E-state index contributed by atoms with van der Waals surface area (Å²) in [4.78, 5) is 27.7. The summed E-state index contributed by atoms with van der Waals surface area (Å²) < 4.78 is 4.92. The lowest BCUT2D eigenvalue weighted by molar-refractivity contribution is 0.0690. The molecule has 0 atom stereocenters. The van der Waals surface area contributed by atoms with Crippen LogP contribution in [0.15, 0.2) is 18.3 Å². The second-order valence-corrected chi connectivity index (χ2v) is 4.28. The first-order valence-corrected chi connectivity index (χ1v) is 6.20. The number of hydrogen-bond acceptors (Lipinski definition) is 4. The molecule has 1 rings (SSSR count). The second kappa shape index (κ2) is 8.11. The molecule has 1 aromatic heterocycles. The van der Waals surface area contributed by atoms with Crippen LogP contribution in [0.1, 0.15) is 22.5 Å². The number of ether oxygens (including phenoxy) is 1. The lowest BCUT2D eigenvalue weighted by Crippen LogP contribution is -2.37. The Morgan fingerprint density at radius 1 is 1.45 bits per heavy atom. The number of carboxylic acids is 1. The predicted molar refractivity (Wildman–Crippen MR) is 72.6 cm³/mol. The van der Waals surface area contributed by atoms with Gasteiger partial charge in [0.15, 0.2) is 0 Å². The molecule has 110 valence electrons. The first-order valence-electron chi connectivity index (χ1n) is 6.20. The van der Waals surface area contributed by atoms with Crippen molar-refractivity contribution < 1.29 is 19.4 Å². The van der Waals surface area contributed by atoms with E-state index in [1.807, 2.05) is 0 Å². The third-order valence-corrected chi connectivity index (χ3v) is 2.68. The van der Waals surface area contributed by atoms with Crippen molar-refractivity contribution in [2.24, 2.45) is 0 Å². The van der Waals surface area contributed by atoms with E-state index in [4.69, 9.17) is 9.84 Å². The Hall–Kier alpha value is -2.15. The molecule has 0 saturated carbocycles. The maximum absolute atomic E-state index is 11.7. The van der Waals surface area contributed by atoms with Crippen molar-refractivity contribution in [3.8, 4) is 0 Å². The van der Waals surface area contributed by atoms with E-state index < -0.39 is 5.97 Å². The van der Waals surface area contributed by atoms with E-state index in [1.54, 1.807) is 25.1 Å². The highest BCUT2D eigenvalue weighted by Gasteiger charge is 2.08. The van der Waals surface area contributed by atoms with Crippen LogP contribution in [0.2, 0.25) is 0 Å². The summed E-state index contributed by atoms with van der Waals surface area (Å²) in [5.41, 5.74) is 0.727. The summed E-state index contributed by atoms with van der Waals surface area (Å²) in [6.07, 6.45) is 2.21. The van der Waals surface area contributed by atoms with Crippen LogP contribution in [-0.2, 0) is 11.3 Å². The van der Waals surface area contributed by atoms with Crippen LogP contribution in [0.3, 0.4) is 0 Å². The molecular weight excluding hydrogens is 262 g/mol. The molecule has 0 unspecified atom stereocenters. The molecule has 1 heterocycles. The Morgan fingerprint density at radius 3 is 2.75 bits per heavy atom. The van der Waals surface area contributed by atoms with E-state index in [0.29, 0.717) is 19.7 Å². The van der Waals surface area contributed by atoms with Crippen LogP contribution in [0.4, 0.5) is 4.79 Å². The molecule has 2 N–H and O–H groups in total. The van der Waals surface area contributed by atoms with E-state index in [9.17, 15) is 9.59 Å². The van der Waals surface area contributed by atoms with Crippen molar-refractivity contribution in [2.75, 3.05) is 27.3 Å². The molecular formula is C13H19N3O4. The van der Waals surface area contributed by atoms with Crippen LogP contribution in [0.5, 0.6) is 0 Å². The average Bonchev–Trinajstić information content (AvgIpc) is 2.45. The zero-order valence-corrected chi connectivity index (χ0v) is 11.6. The third kappa shape index (κ3) is 5.23. The van der Waals surface area contributed by atoms with Crippen molar-refractivity contribution in [1.82, 2.24) is 15.2 Å². The van der Waals surface area contributed by atoms with Gasteiger partial charge in [0, 0.05) is 40.1 Å². The molecule has 0 aliphatic heterocycles. The fourth-order valence-electron chi connectivity index (χ4n) is 1.52. The molecule has 2 amide bonds. The van der Waals surface area contributed by atoms with Crippen LogP contribution in [0, 0.1) is 0 Å². The van der Waals surface area contributed by atoms with Gasteiger partial charge in [-0.05, 0) is 18.1 Å². The molecule has 0 aromatic carbocycles. The number of aromatic nitrogens is 1. The number of rotatable bonds is 7. The second-order valence-electron chi connectivity index (χ2n) is 4.28. The number of pyridine rings is 1. The van der Waals surface area contributed by atoms with Gasteiger partial charge in [0.05, 0.1) is 0 Å². The fourth-order valence-corrected chi connectivity index (χ4v) is 1.52. The van der Waals surface area contributed by atoms with E-state index in [1.165, 1.54) is 12.3 Å². The number of carbonyl (C=O) groups excluding carboxylic acids is 1.